The van der Waals surface area contributed by atoms with Gasteiger partial charge in [-0.25, -0.2) is 0 Å². The van der Waals surface area contributed by atoms with E-state index in [9.17, 15) is 14.4 Å². The quantitative estimate of drug-likeness (QED) is 0.168. The molecule has 0 heterocycles. The summed E-state index contributed by atoms with van der Waals surface area (Å²) in [4.78, 5) is 39.3. The smallest absolute Gasteiger partial charge is 0.255 e. The van der Waals surface area contributed by atoms with Crippen LogP contribution in [0.1, 0.15) is 21.8 Å². The number of amides is 3. The summed E-state index contributed by atoms with van der Waals surface area (Å²) in [6, 6.07) is 26.3. The Morgan fingerprint density at radius 2 is 1.19 bits per heavy atom. The van der Waals surface area contributed by atoms with Crippen LogP contribution in [-0.4, -0.2) is 17.7 Å². The Hall–Kier alpha value is -4.33. The molecule has 186 valence electrons. The molecule has 5 N–H and O–H groups in total. The third kappa shape index (κ3) is 6.67. The maximum absolute atomic E-state index is 13.3. The predicted molar refractivity (Wildman–Crippen MR) is 148 cm³/mol. The van der Waals surface area contributed by atoms with E-state index in [2.05, 4.69) is 16.0 Å². The predicted octanol–water partition coefficient (Wildman–Crippen LogP) is 6.19. The molecule has 0 unspecified atom stereocenters. The molecule has 0 bridgehead atoms. The molecule has 0 atom stereocenters. The first kappa shape index (κ1) is 25.8. The zero-order valence-electron chi connectivity index (χ0n) is 19.4. The van der Waals surface area contributed by atoms with Crippen LogP contribution in [0.4, 0.5) is 22.7 Å². The van der Waals surface area contributed by atoms with E-state index in [1.807, 2.05) is 0 Å². The number of nitrogen functional groups attached to an aromatic ring is 1. The Morgan fingerprint density at radius 3 is 1.70 bits per heavy atom. The highest BCUT2D eigenvalue weighted by atomic mass is 35.5. The topological polar surface area (TPSA) is 113 Å². The van der Waals surface area contributed by atoms with Gasteiger partial charge in [-0.15, -0.1) is 0 Å². The van der Waals surface area contributed by atoms with Gasteiger partial charge < -0.3 is 21.7 Å². The van der Waals surface area contributed by atoms with Crippen LogP contribution in [0.2, 0.25) is 10.0 Å². The Labute approximate surface area is 223 Å². The van der Waals surface area contributed by atoms with E-state index in [0.29, 0.717) is 43.9 Å². The summed E-state index contributed by atoms with van der Waals surface area (Å²) < 4.78 is 0. The number of halogens is 2. The van der Waals surface area contributed by atoms with E-state index in [4.69, 9.17) is 28.9 Å². The molecule has 3 amide bonds. The molecule has 37 heavy (non-hydrogen) atoms. The first-order valence-corrected chi connectivity index (χ1v) is 11.9. The van der Waals surface area contributed by atoms with Crippen LogP contribution in [0.3, 0.4) is 0 Å². The normalized spacial score (nSPS) is 10.6. The van der Waals surface area contributed by atoms with Gasteiger partial charge in [-0.1, -0.05) is 59.6 Å². The third-order valence-electron chi connectivity index (χ3n) is 5.42. The van der Waals surface area contributed by atoms with Crippen molar-refractivity contribution < 1.29 is 14.4 Å². The summed E-state index contributed by atoms with van der Waals surface area (Å²) in [6.07, 6.45) is 0. The van der Waals surface area contributed by atoms with Crippen molar-refractivity contribution in [3.8, 4) is 0 Å². The van der Waals surface area contributed by atoms with Crippen molar-refractivity contribution in [2.45, 2.75) is 5.92 Å². The molecule has 0 aromatic heterocycles. The van der Waals surface area contributed by atoms with E-state index in [-0.39, 0.29) is 5.91 Å². The van der Waals surface area contributed by atoms with Crippen LogP contribution < -0.4 is 21.7 Å². The van der Waals surface area contributed by atoms with E-state index < -0.39 is 17.7 Å². The first-order chi connectivity index (χ1) is 17.8. The fourth-order valence-electron chi connectivity index (χ4n) is 3.62. The number of anilines is 4. The molecule has 0 saturated carbocycles. The van der Waals surface area contributed by atoms with Gasteiger partial charge in [-0.3, -0.25) is 14.4 Å². The molecule has 0 saturated heterocycles. The van der Waals surface area contributed by atoms with E-state index >= 15 is 0 Å². The van der Waals surface area contributed by atoms with Crippen molar-refractivity contribution in [3.63, 3.8) is 0 Å². The molecule has 4 aromatic carbocycles. The molecule has 0 aliphatic heterocycles. The van der Waals surface area contributed by atoms with Crippen molar-refractivity contribution in [2.24, 2.45) is 0 Å². The van der Waals surface area contributed by atoms with Gasteiger partial charge in [0.05, 0.1) is 11.4 Å². The second kappa shape index (κ2) is 11.6. The maximum atomic E-state index is 13.3. The zero-order valence-corrected chi connectivity index (χ0v) is 20.9. The van der Waals surface area contributed by atoms with E-state index in [1.165, 1.54) is 12.1 Å². The molecule has 0 fully saturated rings. The van der Waals surface area contributed by atoms with Gasteiger partial charge in [0.2, 0.25) is 11.8 Å². The molecular weight excluding hydrogens is 511 g/mol. The van der Waals surface area contributed by atoms with Crippen LogP contribution >= 0.6 is 23.2 Å². The number of benzene rings is 4. The van der Waals surface area contributed by atoms with Gasteiger partial charge in [0.1, 0.15) is 5.92 Å². The van der Waals surface area contributed by atoms with Crippen molar-refractivity contribution in [3.05, 3.63) is 118 Å². The first-order valence-electron chi connectivity index (χ1n) is 11.2. The molecule has 7 nitrogen and oxygen atoms in total. The fraction of sp³-hybridized carbons (Fsp3) is 0.0357. The van der Waals surface area contributed by atoms with Gasteiger partial charge in [0.15, 0.2) is 0 Å². The Balaban J connectivity index is 1.59. The van der Waals surface area contributed by atoms with Crippen LogP contribution in [-0.2, 0) is 9.59 Å². The molecule has 0 aliphatic rings. The van der Waals surface area contributed by atoms with Crippen LogP contribution in [0.25, 0.3) is 0 Å². The van der Waals surface area contributed by atoms with Gasteiger partial charge in [0, 0.05) is 27.0 Å². The summed E-state index contributed by atoms with van der Waals surface area (Å²) in [5.74, 6) is -2.76. The molecule has 9 heteroatoms. The average molecular weight is 533 g/mol. The lowest BCUT2D eigenvalue weighted by Gasteiger charge is -2.18. The number of rotatable bonds is 7. The Bertz CT molecular complexity index is 1400. The molecule has 4 rings (SSSR count). The lowest BCUT2D eigenvalue weighted by atomic mass is 9.95. The SMILES string of the molecule is Nc1ccccc1NC(=O)c1ccc(C(C(=O)Nc2cccc(Cl)c2)C(=O)Nc2cccc(Cl)c2)cc1. The average Bonchev–Trinajstić information content (AvgIpc) is 2.86. The Kier molecular flexibility index (Phi) is 8.08. The van der Waals surface area contributed by atoms with Gasteiger partial charge >= 0.3 is 0 Å². The third-order valence-corrected chi connectivity index (χ3v) is 5.89. The number of hydrogen-bond acceptors (Lipinski definition) is 4. The second-order valence-corrected chi connectivity index (χ2v) is 8.97. The van der Waals surface area contributed by atoms with Gasteiger partial charge in [-0.05, 0) is 66.2 Å². The number of hydrogen-bond donors (Lipinski definition) is 4. The summed E-state index contributed by atoms with van der Waals surface area (Å²) in [5.41, 5.74) is 8.41. The number of carbonyl (C=O) groups excluding carboxylic acids is 3. The van der Waals surface area contributed by atoms with Crippen molar-refractivity contribution in [1.82, 2.24) is 0 Å². The van der Waals surface area contributed by atoms with Gasteiger partial charge in [0.25, 0.3) is 5.91 Å². The van der Waals surface area contributed by atoms with Crippen LogP contribution in [0, 0.1) is 0 Å². The van der Waals surface area contributed by atoms with Crippen molar-refractivity contribution in [2.75, 3.05) is 21.7 Å². The minimum Gasteiger partial charge on any atom is -0.397 e. The summed E-state index contributed by atoms with van der Waals surface area (Å²) >= 11 is 12.1. The van der Waals surface area contributed by atoms with Crippen molar-refractivity contribution in [1.29, 1.82) is 0 Å². The summed E-state index contributed by atoms with van der Waals surface area (Å²) in [7, 11) is 0. The molecule has 0 radical (unpaired) electrons. The molecule has 0 spiro atoms. The summed E-state index contributed by atoms with van der Waals surface area (Å²) in [6.45, 7) is 0. The standard InChI is InChI=1S/C28H22Cl2N4O3/c29-19-5-3-7-21(15-19)32-27(36)25(28(37)33-22-8-4-6-20(30)16-22)17-11-13-18(14-12-17)26(35)34-24-10-2-1-9-23(24)31/h1-16,25H,31H2,(H,32,36)(H,33,37)(H,34,35). The van der Waals surface area contributed by atoms with Gasteiger partial charge in [-0.2, -0.15) is 0 Å². The highest BCUT2D eigenvalue weighted by molar-refractivity contribution is 6.31. The monoisotopic (exact) mass is 532 g/mol. The fourth-order valence-corrected chi connectivity index (χ4v) is 4.00. The Morgan fingerprint density at radius 1 is 0.649 bits per heavy atom. The largest absolute Gasteiger partial charge is 0.397 e. The van der Waals surface area contributed by atoms with Crippen LogP contribution in [0.15, 0.2) is 97.1 Å². The number of para-hydroxylation sites is 2. The number of carbonyl (C=O) groups is 3. The lowest BCUT2D eigenvalue weighted by Crippen LogP contribution is -2.32. The number of nitrogens with two attached hydrogens (primary N) is 1. The second-order valence-electron chi connectivity index (χ2n) is 8.10. The zero-order chi connectivity index (χ0) is 26.4. The molecule has 4 aromatic rings. The lowest BCUT2D eigenvalue weighted by molar-refractivity contribution is -0.125. The minimum atomic E-state index is -1.24. The summed E-state index contributed by atoms with van der Waals surface area (Å²) in [5, 5.41) is 9.09. The molecule has 0 aliphatic carbocycles. The van der Waals surface area contributed by atoms with Crippen molar-refractivity contribution >= 4 is 63.7 Å². The number of nitrogens with one attached hydrogen (secondary N) is 3. The highest BCUT2D eigenvalue weighted by Gasteiger charge is 2.29. The maximum Gasteiger partial charge on any atom is 0.255 e. The minimum absolute atomic E-state index is 0.330. The van der Waals surface area contributed by atoms with E-state index in [0.717, 1.165) is 0 Å². The van der Waals surface area contributed by atoms with Crippen LogP contribution in [0.5, 0.6) is 0 Å². The molecular formula is C28H22Cl2N4O3. The van der Waals surface area contributed by atoms with E-state index in [1.54, 1.807) is 84.9 Å². The highest BCUT2D eigenvalue weighted by Crippen LogP contribution is 2.25.